The van der Waals surface area contributed by atoms with E-state index in [0.29, 0.717) is 10.9 Å². The number of methoxy groups -OCH3 is 1. The number of rotatable bonds is 4. The maximum absolute atomic E-state index is 6.18. The third-order valence-corrected chi connectivity index (χ3v) is 3.65. The summed E-state index contributed by atoms with van der Waals surface area (Å²) in [6.07, 6.45) is 0. The SMILES string of the molecule is COc1cccc(N(C)c2cccc(Cl)c2CCl)c1. The van der Waals surface area contributed by atoms with Crippen LogP contribution in [0.25, 0.3) is 0 Å². The third kappa shape index (κ3) is 2.96. The van der Waals surface area contributed by atoms with E-state index in [1.54, 1.807) is 7.11 Å². The van der Waals surface area contributed by atoms with E-state index < -0.39 is 0 Å². The molecule has 0 atom stereocenters. The highest BCUT2D eigenvalue weighted by atomic mass is 35.5. The number of hydrogen-bond acceptors (Lipinski definition) is 2. The molecule has 2 nitrogen and oxygen atoms in total. The van der Waals surface area contributed by atoms with Crippen molar-refractivity contribution in [1.82, 2.24) is 0 Å². The summed E-state index contributed by atoms with van der Waals surface area (Å²) in [5, 5.41) is 0.683. The van der Waals surface area contributed by atoms with E-state index in [4.69, 9.17) is 27.9 Å². The zero-order valence-electron chi connectivity index (χ0n) is 10.9. The van der Waals surface area contributed by atoms with Crippen LogP contribution in [0, 0.1) is 0 Å². The fraction of sp³-hybridized carbons (Fsp3) is 0.200. The third-order valence-electron chi connectivity index (χ3n) is 3.03. The number of benzene rings is 2. The summed E-state index contributed by atoms with van der Waals surface area (Å²) in [7, 11) is 3.64. The van der Waals surface area contributed by atoms with Crippen molar-refractivity contribution in [3.8, 4) is 5.75 Å². The van der Waals surface area contributed by atoms with Crippen LogP contribution in [0.2, 0.25) is 5.02 Å². The summed E-state index contributed by atoms with van der Waals surface area (Å²) in [6.45, 7) is 0. The van der Waals surface area contributed by atoms with E-state index >= 15 is 0 Å². The van der Waals surface area contributed by atoms with Gasteiger partial charge in [-0.1, -0.05) is 23.7 Å². The van der Waals surface area contributed by atoms with Crippen LogP contribution in [-0.4, -0.2) is 14.2 Å². The van der Waals surface area contributed by atoms with Crippen LogP contribution in [0.4, 0.5) is 11.4 Å². The summed E-state index contributed by atoms with van der Waals surface area (Å²) in [6, 6.07) is 13.6. The van der Waals surface area contributed by atoms with E-state index in [1.165, 1.54) is 0 Å². The van der Waals surface area contributed by atoms with Gasteiger partial charge < -0.3 is 9.64 Å². The fourth-order valence-corrected chi connectivity index (χ4v) is 2.54. The Bertz CT molecular complexity index is 572. The highest BCUT2D eigenvalue weighted by Crippen LogP contribution is 2.33. The van der Waals surface area contributed by atoms with Crippen LogP contribution in [0.1, 0.15) is 5.56 Å². The molecule has 0 heterocycles. The Hall–Kier alpha value is -1.38. The molecule has 0 fully saturated rings. The maximum Gasteiger partial charge on any atom is 0.120 e. The van der Waals surface area contributed by atoms with E-state index in [2.05, 4.69) is 0 Å². The Balaban J connectivity index is 2.43. The minimum Gasteiger partial charge on any atom is -0.497 e. The number of ether oxygens (including phenoxy) is 1. The largest absolute Gasteiger partial charge is 0.497 e. The van der Waals surface area contributed by atoms with E-state index in [-0.39, 0.29) is 0 Å². The van der Waals surface area contributed by atoms with Gasteiger partial charge in [0.2, 0.25) is 0 Å². The highest BCUT2D eigenvalue weighted by Gasteiger charge is 2.12. The predicted molar refractivity (Wildman–Crippen MR) is 82.1 cm³/mol. The summed E-state index contributed by atoms with van der Waals surface area (Å²) in [5.41, 5.74) is 2.94. The van der Waals surface area contributed by atoms with Crippen LogP contribution < -0.4 is 9.64 Å². The number of nitrogens with zero attached hydrogens (tertiary/aromatic N) is 1. The van der Waals surface area contributed by atoms with Crippen molar-refractivity contribution in [3.63, 3.8) is 0 Å². The smallest absolute Gasteiger partial charge is 0.120 e. The predicted octanol–water partition coefficient (Wildman–Crippen LogP) is 4.86. The van der Waals surface area contributed by atoms with Crippen molar-refractivity contribution < 1.29 is 4.74 Å². The van der Waals surface area contributed by atoms with Crippen molar-refractivity contribution in [3.05, 3.63) is 53.1 Å². The van der Waals surface area contributed by atoms with Crippen LogP contribution in [0.15, 0.2) is 42.5 Å². The van der Waals surface area contributed by atoms with Crippen LogP contribution >= 0.6 is 23.2 Å². The molecule has 0 aliphatic carbocycles. The topological polar surface area (TPSA) is 12.5 Å². The Kier molecular flexibility index (Phi) is 4.56. The number of anilines is 2. The number of alkyl halides is 1. The van der Waals surface area contributed by atoms with Gasteiger partial charge in [-0.05, 0) is 24.3 Å². The molecule has 0 saturated heterocycles. The summed E-state index contributed by atoms with van der Waals surface area (Å²) in [4.78, 5) is 2.05. The van der Waals surface area contributed by atoms with Gasteiger partial charge in [0, 0.05) is 35.1 Å². The minimum atomic E-state index is 0.378. The van der Waals surface area contributed by atoms with Gasteiger partial charge in [0.05, 0.1) is 13.0 Å². The zero-order chi connectivity index (χ0) is 13.8. The molecule has 2 aromatic carbocycles. The lowest BCUT2D eigenvalue weighted by Gasteiger charge is -2.23. The molecule has 100 valence electrons. The molecule has 19 heavy (non-hydrogen) atoms. The molecule has 0 saturated carbocycles. The summed E-state index contributed by atoms with van der Waals surface area (Å²) >= 11 is 12.2. The van der Waals surface area contributed by atoms with Crippen molar-refractivity contribution >= 4 is 34.6 Å². The molecular weight excluding hydrogens is 281 g/mol. The lowest BCUT2D eigenvalue weighted by Crippen LogP contribution is -2.11. The Morgan fingerprint density at radius 2 is 1.89 bits per heavy atom. The molecule has 2 rings (SSSR count). The van der Waals surface area contributed by atoms with E-state index in [0.717, 1.165) is 22.7 Å². The van der Waals surface area contributed by atoms with Gasteiger partial charge in [-0.15, -0.1) is 11.6 Å². The van der Waals surface area contributed by atoms with Crippen LogP contribution in [-0.2, 0) is 5.88 Å². The van der Waals surface area contributed by atoms with E-state index in [1.807, 2.05) is 54.4 Å². The van der Waals surface area contributed by atoms with Crippen molar-refractivity contribution in [2.75, 3.05) is 19.1 Å². The van der Waals surface area contributed by atoms with Gasteiger partial charge >= 0.3 is 0 Å². The molecule has 0 amide bonds. The molecule has 0 aromatic heterocycles. The van der Waals surface area contributed by atoms with Gasteiger partial charge in [-0.2, -0.15) is 0 Å². The highest BCUT2D eigenvalue weighted by molar-refractivity contribution is 6.32. The molecule has 0 aliphatic rings. The summed E-state index contributed by atoms with van der Waals surface area (Å²) in [5.74, 6) is 1.20. The monoisotopic (exact) mass is 295 g/mol. The van der Waals surface area contributed by atoms with Crippen LogP contribution in [0.3, 0.4) is 0 Å². The molecule has 0 spiro atoms. The number of halogens is 2. The maximum atomic E-state index is 6.18. The van der Waals surface area contributed by atoms with E-state index in [9.17, 15) is 0 Å². The Labute approximate surface area is 123 Å². The van der Waals surface area contributed by atoms with Gasteiger partial charge in [-0.3, -0.25) is 0 Å². The summed E-state index contributed by atoms with van der Waals surface area (Å²) < 4.78 is 5.24. The molecule has 2 aromatic rings. The second-order valence-corrected chi connectivity index (χ2v) is 4.81. The Morgan fingerprint density at radius 3 is 2.58 bits per heavy atom. The first kappa shape index (κ1) is 14.0. The Morgan fingerprint density at radius 1 is 1.16 bits per heavy atom. The molecule has 4 heteroatoms. The lowest BCUT2D eigenvalue weighted by atomic mass is 10.1. The van der Waals surface area contributed by atoms with Crippen molar-refractivity contribution in [2.24, 2.45) is 0 Å². The first-order chi connectivity index (χ1) is 9.17. The molecule has 0 aliphatic heterocycles. The zero-order valence-corrected chi connectivity index (χ0v) is 12.4. The van der Waals surface area contributed by atoms with Gasteiger partial charge in [0.15, 0.2) is 0 Å². The van der Waals surface area contributed by atoms with Gasteiger partial charge in [0.1, 0.15) is 5.75 Å². The molecular formula is C15H15Cl2NO. The van der Waals surface area contributed by atoms with Gasteiger partial charge in [0.25, 0.3) is 0 Å². The standard InChI is InChI=1S/C15H15Cl2NO/c1-18(11-5-3-6-12(9-11)19-2)15-8-4-7-14(17)13(15)10-16/h3-9H,10H2,1-2H3. The molecule has 0 N–H and O–H groups in total. The molecule has 0 unspecified atom stereocenters. The second-order valence-electron chi connectivity index (χ2n) is 4.13. The van der Waals surface area contributed by atoms with Gasteiger partial charge in [-0.25, -0.2) is 0 Å². The first-order valence-corrected chi connectivity index (χ1v) is 6.79. The van der Waals surface area contributed by atoms with Crippen molar-refractivity contribution in [1.29, 1.82) is 0 Å². The lowest BCUT2D eigenvalue weighted by molar-refractivity contribution is 0.415. The molecule has 0 radical (unpaired) electrons. The van der Waals surface area contributed by atoms with Crippen molar-refractivity contribution in [2.45, 2.75) is 5.88 Å². The average Bonchev–Trinajstić information content (AvgIpc) is 2.46. The second kappa shape index (κ2) is 6.18. The average molecular weight is 296 g/mol. The first-order valence-electron chi connectivity index (χ1n) is 5.88. The molecule has 0 bridgehead atoms. The minimum absolute atomic E-state index is 0.378. The number of hydrogen-bond donors (Lipinski definition) is 0. The quantitative estimate of drug-likeness (QED) is 0.747. The van der Waals surface area contributed by atoms with Crippen LogP contribution in [0.5, 0.6) is 5.75 Å². The fourth-order valence-electron chi connectivity index (χ4n) is 1.95. The normalized spacial score (nSPS) is 10.3.